The van der Waals surface area contributed by atoms with Gasteiger partial charge in [-0.05, 0) is 25.7 Å². The Bertz CT molecular complexity index is 348. The number of amides is 1. The maximum Gasteiger partial charge on any atom is 0.239 e. The first-order valence-electron chi connectivity index (χ1n) is 5.05. The van der Waals surface area contributed by atoms with Crippen molar-refractivity contribution in [3.8, 4) is 0 Å². The zero-order chi connectivity index (χ0) is 10.7. The highest BCUT2D eigenvalue weighted by molar-refractivity contribution is 7.09. The van der Waals surface area contributed by atoms with E-state index in [0.29, 0.717) is 5.13 Å². The maximum absolute atomic E-state index is 11.3. The fourth-order valence-corrected chi connectivity index (χ4v) is 1.74. The third kappa shape index (κ3) is 3.47. The quantitative estimate of drug-likeness (QED) is 0.778. The zero-order valence-corrected chi connectivity index (χ0v) is 9.43. The second kappa shape index (κ2) is 4.57. The standard InChI is InChI=1S/C9H14N4OS/c1-6-12-9(15-13-6)11-5-8(14)10-4-7-2-3-7/h7H,2-5H2,1H3,(H,10,14)(H,11,12,13). The molecule has 82 valence electrons. The predicted molar refractivity (Wildman–Crippen MR) is 58.9 cm³/mol. The summed E-state index contributed by atoms with van der Waals surface area (Å²) in [7, 11) is 0. The Balaban J connectivity index is 1.65. The van der Waals surface area contributed by atoms with Crippen LogP contribution in [0.1, 0.15) is 18.7 Å². The average Bonchev–Trinajstić information content (AvgIpc) is 2.95. The van der Waals surface area contributed by atoms with Crippen molar-refractivity contribution in [3.63, 3.8) is 0 Å². The van der Waals surface area contributed by atoms with Gasteiger partial charge in [0, 0.05) is 18.1 Å². The first kappa shape index (κ1) is 10.4. The van der Waals surface area contributed by atoms with Crippen LogP contribution in [0.25, 0.3) is 0 Å². The zero-order valence-electron chi connectivity index (χ0n) is 8.62. The van der Waals surface area contributed by atoms with E-state index < -0.39 is 0 Å². The lowest BCUT2D eigenvalue weighted by atomic mass is 10.4. The summed E-state index contributed by atoms with van der Waals surface area (Å²) < 4.78 is 4.02. The van der Waals surface area contributed by atoms with Crippen molar-refractivity contribution in [2.24, 2.45) is 5.92 Å². The topological polar surface area (TPSA) is 66.9 Å². The number of anilines is 1. The minimum Gasteiger partial charge on any atom is -0.354 e. The van der Waals surface area contributed by atoms with Gasteiger partial charge in [-0.25, -0.2) is 4.98 Å². The largest absolute Gasteiger partial charge is 0.354 e. The van der Waals surface area contributed by atoms with E-state index >= 15 is 0 Å². The molecule has 1 aromatic rings. The highest BCUT2D eigenvalue weighted by Crippen LogP contribution is 2.27. The molecule has 0 saturated heterocycles. The molecule has 1 aromatic heterocycles. The summed E-state index contributed by atoms with van der Waals surface area (Å²) in [4.78, 5) is 15.4. The Hall–Kier alpha value is -1.17. The van der Waals surface area contributed by atoms with E-state index in [-0.39, 0.29) is 12.5 Å². The third-order valence-electron chi connectivity index (χ3n) is 2.21. The van der Waals surface area contributed by atoms with Crippen LogP contribution in [0.5, 0.6) is 0 Å². The lowest BCUT2D eigenvalue weighted by Crippen LogP contribution is -2.31. The Morgan fingerprint density at radius 3 is 3.00 bits per heavy atom. The van der Waals surface area contributed by atoms with Crippen LogP contribution in [0.4, 0.5) is 5.13 Å². The molecule has 5 nitrogen and oxygen atoms in total. The molecular formula is C9H14N4OS. The van der Waals surface area contributed by atoms with Crippen molar-refractivity contribution in [1.82, 2.24) is 14.7 Å². The number of aryl methyl sites for hydroxylation is 1. The first-order chi connectivity index (χ1) is 7.24. The normalized spacial score (nSPS) is 15.0. The summed E-state index contributed by atoms with van der Waals surface area (Å²) in [6.07, 6.45) is 2.51. The van der Waals surface area contributed by atoms with Gasteiger partial charge in [0.05, 0.1) is 6.54 Å². The van der Waals surface area contributed by atoms with Gasteiger partial charge < -0.3 is 10.6 Å². The molecule has 0 atom stereocenters. The molecule has 0 bridgehead atoms. The molecule has 2 N–H and O–H groups in total. The molecule has 15 heavy (non-hydrogen) atoms. The fourth-order valence-electron chi connectivity index (χ4n) is 1.17. The number of aromatic nitrogens is 2. The van der Waals surface area contributed by atoms with Crippen molar-refractivity contribution in [3.05, 3.63) is 5.82 Å². The van der Waals surface area contributed by atoms with Crippen LogP contribution in [0.3, 0.4) is 0 Å². The minimum atomic E-state index is 0.0229. The van der Waals surface area contributed by atoms with Gasteiger partial charge in [0.25, 0.3) is 0 Å². The predicted octanol–water partition coefficient (Wildman–Crippen LogP) is 0.785. The number of carbonyl (C=O) groups is 1. The molecule has 1 heterocycles. The van der Waals surface area contributed by atoms with Gasteiger partial charge in [-0.1, -0.05) is 0 Å². The van der Waals surface area contributed by atoms with E-state index in [1.165, 1.54) is 24.4 Å². The van der Waals surface area contributed by atoms with Crippen LogP contribution in [0.2, 0.25) is 0 Å². The van der Waals surface area contributed by atoms with Crippen LogP contribution in [-0.2, 0) is 4.79 Å². The Morgan fingerprint density at radius 1 is 1.60 bits per heavy atom. The van der Waals surface area contributed by atoms with Crippen molar-refractivity contribution in [2.75, 3.05) is 18.4 Å². The molecule has 0 spiro atoms. The Labute approximate surface area is 92.5 Å². The van der Waals surface area contributed by atoms with E-state index in [1.807, 2.05) is 6.92 Å². The summed E-state index contributed by atoms with van der Waals surface area (Å²) in [6, 6.07) is 0. The monoisotopic (exact) mass is 226 g/mol. The van der Waals surface area contributed by atoms with Gasteiger partial charge in [0.15, 0.2) is 0 Å². The Kier molecular flexibility index (Phi) is 3.15. The van der Waals surface area contributed by atoms with Crippen molar-refractivity contribution < 1.29 is 4.79 Å². The number of nitrogens with one attached hydrogen (secondary N) is 2. The number of nitrogens with zero attached hydrogens (tertiary/aromatic N) is 2. The molecule has 0 aromatic carbocycles. The number of carbonyl (C=O) groups excluding carboxylic acids is 1. The van der Waals surface area contributed by atoms with Crippen LogP contribution in [-0.4, -0.2) is 28.4 Å². The molecule has 0 radical (unpaired) electrons. The van der Waals surface area contributed by atoms with E-state index in [1.54, 1.807) is 0 Å². The van der Waals surface area contributed by atoms with Gasteiger partial charge in [0.2, 0.25) is 11.0 Å². The highest BCUT2D eigenvalue weighted by atomic mass is 32.1. The smallest absolute Gasteiger partial charge is 0.239 e. The second-order valence-electron chi connectivity index (χ2n) is 3.75. The molecule has 6 heteroatoms. The first-order valence-corrected chi connectivity index (χ1v) is 5.82. The lowest BCUT2D eigenvalue weighted by molar-refractivity contribution is -0.119. The molecule has 2 rings (SSSR count). The molecule has 1 saturated carbocycles. The number of rotatable bonds is 5. The molecule has 1 amide bonds. The average molecular weight is 226 g/mol. The lowest BCUT2D eigenvalue weighted by Gasteiger charge is -2.03. The fraction of sp³-hybridized carbons (Fsp3) is 0.667. The highest BCUT2D eigenvalue weighted by Gasteiger charge is 2.21. The van der Waals surface area contributed by atoms with Gasteiger partial charge in [0.1, 0.15) is 5.82 Å². The molecule has 0 unspecified atom stereocenters. The third-order valence-corrected chi connectivity index (χ3v) is 2.98. The van der Waals surface area contributed by atoms with Crippen molar-refractivity contribution in [2.45, 2.75) is 19.8 Å². The summed E-state index contributed by atoms with van der Waals surface area (Å²) in [6.45, 7) is 2.92. The van der Waals surface area contributed by atoms with E-state index in [4.69, 9.17) is 0 Å². The summed E-state index contributed by atoms with van der Waals surface area (Å²) in [5, 5.41) is 6.52. The van der Waals surface area contributed by atoms with Gasteiger partial charge >= 0.3 is 0 Å². The van der Waals surface area contributed by atoms with E-state index in [9.17, 15) is 4.79 Å². The number of hydrogen-bond acceptors (Lipinski definition) is 5. The molecule has 1 fully saturated rings. The second-order valence-corrected chi connectivity index (χ2v) is 4.50. The van der Waals surface area contributed by atoms with Crippen LogP contribution in [0, 0.1) is 12.8 Å². The van der Waals surface area contributed by atoms with Crippen molar-refractivity contribution >= 4 is 22.6 Å². The van der Waals surface area contributed by atoms with Crippen LogP contribution in [0.15, 0.2) is 0 Å². The summed E-state index contributed by atoms with van der Waals surface area (Å²) in [5.41, 5.74) is 0. The van der Waals surface area contributed by atoms with Crippen LogP contribution < -0.4 is 10.6 Å². The number of hydrogen-bond donors (Lipinski definition) is 2. The van der Waals surface area contributed by atoms with E-state index in [0.717, 1.165) is 18.3 Å². The van der Waals surface area contributed by atoms with Gasteiger partial charge in [-0.3, -0.25) is 4.79 Å². The molecular weight excluding hydrogens is 212 g/mol. The van der Waals surface area contributed by atoms with Crippen LogP contribution >= 0.6 is 11.5 Å². The summed E-state index contributed by atoms with van der Waals surface area (Å²) in [5.74, 6) is 1.48. The van der Waals surface area contributed by atoms with Crippen molar-refractivity contribution in [1.29, 1.82) is 0 Å². The van der Waals surface area contributed by atoms with Gasteiger partial charge in [-0.15, -0.1) is 0 Å². The SMILES string of the molecule is Cc1nsc(NCC(=O)NCC2CC2)n1. The van der Waals surface area contributed by atoms with E-state index in [2.05, 4.69) is 20.0 Å². The minimum absolute atomic E-state index is 0.0229. The molecule has 0 aliphatic heterocycles. The Morgan fingerprint density at radius 2 is 2.40 bits per heavy atom. The maximum atomic E-state index is 11.3. The molecule has 1 aliphatic rings. The molecule has 1 aliphatic carbocycles. The van der Waals surface area contributed by atoms with Gasteiger partial charge in [-0.2, -0.15) is 4.37 Å². The summed E-state index contributed by atoms with van der Waals surface area (Å²) >= 11 is 1.28.